The van der Waals surface area contributed by atoms with E-state index < -0.39 is 0 Å². The van der Waals surface area contributed by atoms with E-state index in [1.807, 2.05) is 36.6 Å². The summed E-state index contributed by atoms with van der Waals surface area (Å²) in [6, 6.07) is 7.67. The topological polar surface area (TPSA) is 68.3 Å². The van der Waals surface area contributed by atoms with Crippen molar-refractivity contribution in [3.8, 4) is 0 Å². The largest absolute Gasteiger partial charge is 0.459 e. The highest BCUT2D eigenvalue weighted by Crippen LogP contribution is 2.26. The fraction of sp³-hybridized carbons (Fsp3) is 0.476. The number of nitrogens with one attached hydrogen (secondary N) is 1. The molecular formula is C21H26N2O3S. The lowest BCUT2D eigenvalue weighted by molar-refractivity contribution is -0.146. The maximum atomic E-state index is 12.2. The SMILES string of the molecule is Cc1ccccc1NC(=O)Cc1nc(COC(=O)CC2CCCCC2)cs1. The summed E-state index contributed by atoms with van der Waals surface area (Å²) in [5.41, 5.74) is 2.54. The number of rotatable bonds is 7. The first-order chi connectivity index (χ1) is 13.1. The van der Waals surface area contributed by atoms with Gasteiger partial charge in [0.05, 0.1) is 12.1 Å². The maximum absolute atomic E-state index is 12.2. The van der Waals surface area contributed by atoms with Gasteiger partial charge in [-0.25, -0.2) is 4.98 Å². The van der Waals surface area contributed by atoms with Gasteiger partial charge in [-0.1, -0.05) is 37.5 Å². The average Bonchev–Trinajstić information content (AvgIpc) is 3.10. The molecule has 2 aromatic rings. The zero-order chi connectivity index (χ0) is 19.1. The number of hydrogen-bond acceptors (Lipinski definition) is 5. The molecule has 5 nitrogen and oxygen atoms in total. The van der Waals surface area contributed by atoms with E-state index in [1.165, 1.54) is 30.6 Å². The normalized spacial score (nSPS) is 14.7. The van der Waals surface area contributed by atoms with E-state index in [-0.39, 0.29) is 24.9 Å². The van der Waals surface area contributed by atoms with Gasteiger partial charge in [0.15, 0.2) is 0 Å². The molecule has 0 aliphatic heterocycles. The van der Waals surface area contributed by atoms with Crippen molar-refractivity contribution in [2.75, 3.05) is 5.32 Å². The molecule has 3 rings (SSSR count). The summed E-state index contributed by atoms with van der Waals surface area (Å²) in [5.74, 6) is 0.232. The van der Waals surface area contributed by atoms with Gasteiger partial charge in [0, 0.05) is 17.5 Å². The Morgan fingerprint density at radius 3 is 2.78 bits per heavy atom. The third-order valence-electron chi connectivity index (χ3n) is 4.89. The first-order valence-electron chi connectivity index (χ1n) is 9.54. The number of amides is 1. The quantitative estimate of drug-likeness (QED) is 0.704. The molecule has 0 unspecified atom stereocenters. The first-order valence-corrected chi connectivity index (χ1v) is 10.4. The van der Waals surface area contributed by atoms with E-state index >= 15 is 0 Å². The molecule has 1 aliphatic carbocycles. The summed E-state index contributed by atoms with van der Waals surface area (Å²) >= 11 is 1.42. The van der Waals surface area contributed by atoms with Crippen LogP contribution in [-0.4, -0.2) is 16.9 Å². The van der Waals surface area contributed by atoms with Crippen LogP contribution in [0.5, 0.6) is 0 Å². The van der Waals surface area contributed by atoms with Gasteiger partial charge in [0.1, 0.15) is 11.6 Å². The molecule has 1 fully saturated rings. The average molecular weight is 387 g/mol. The van der Waals surface area contributed by atoms with Gasteiger partial charge in [0.25, 0.3) is 0 Å². The lowest BCUT2D eigenvalue weighted by Gasteiger charge is -2.20. The third kappa shape index (κ3) is 6.17. The number of benzene rings is 1. The first kappa shape index (κ1) is 19.5. The Hall–Kier alpha value is -2.21. The maximum Gasteiger partial charge on any atom is 0.306 e. The number of thiazole rings is 1. The molecule has 1 aromatic heterocycles. The van der Waals surface area contributed by atoms with Crippen molar-refractivity contribution in [1.29, 1.82) is 0 Å². The molecule has 1 heterocycles. The smallest absolute Gasteiger partial charge is 0.306 e. The molecule has 0 spiro atoms. The Labute approximate surface area is 164 Å². The molecular weight excluding hydrogens is 360 g/mol. The molecule has 1 aromatic carbocycles. The van der Waals surface area contributed by atoms with Gasteiger partial charge in [-0.05, 0) is 37.3 Å². The van der Waals surface area contributed by atoms with Crippen LogP contribution in [-0.2, 0) is 27.4 Å². The summed E-state index contributed by atoms with van der Waals surface area (Å²) < 4.78 is 5.37. The second-order valence-corrected chi connectivity index (χ2v) is 8.08. The lowest BCUT2D eigenvalue weighted by atomic mass is 9.87. The van der Waals surface area contributed by atoms with E-state index in [1.54, 1.807) is 0 Å². The van der Waals surface area contributed by atoms with Crippen molar-refractivity contribution < 1.29 is 14.3 Å². The number of carbonyl (C=O) groups is 2. The minimum absolute atomic E-state index is 0.0977. The highest BCUT2D eigenvalue weighted by Gasteiger charge is 2.18. The number of para-hydroxylation sites is 1. The van der Waals surface area contributed by atoms with Crippen LogP contribution in [0.2, 0.25) is 0 Å². The van der Waals surface area contributed by atoms with Gasteiger partial charge in [-0.15, -0.1) is 11.3 Å². The third-order valence-corrected chi connectivity index (χ3v) is 5.79. The summed E-state index contributed by atoms with van der Waals surface area (Å²) in [6.45, 7) is 2.14. The number of aryl methyl sites for hydroxylation is 1. The molecule has 6 heteroatoms. The number of hydrogen-bond donors (Lipinski definition) is 1. The van der Waals surface area contributed by atoms with Crippen LogP contribution in [0.1, 0.15) is 54.8 Å². The van der Waals surface area contributed by atoms with Crippen molar-refractivity contribution in [3.05, 3.63) is 45.9 Å². The Kier molecular flexibility index (Phi) is 6.98. The number of anilines is 1. The van der Waals surface area contributed by atoms with Crippen molar-refractivity contribution in [1.82, 2.24) is 4.98 Å². The Morgan fingerprint density at radius 2 is 2.00 bits per heavy atom. The minimum atomic E-state index is -0.145. The Balaban J connectivity index is 1.43. The van der Waals surface area contributed by atoms with Gasteiger partial charge in [-0.3, -0.25) is 9.59 Å². The van der Waals surface area contributed by atoms with E-state index in [4.69, 9.17) is 4.74 Å². The summed E-state index contributed by atoms with van der Waals surface area (Å²) in [5, 5.41) is 5.48. The molecule has 1 N–H and O–H groups in total. The van der Waals surface area contributed by atoms with Gasteiger partial charge in [-0.2, -0.15) is 0 Å². The fourth-order valence-electron chi connectivity index (χ4n) is 3.38. The van der Waals surface area contributed by atoms with E-state index in [9.17, 15) is 9.59 Å². The molecule has 1 saturated carbocycles. The van der Waals surface area contributed by atoms with Crippen LogP contribution in [0.25, 0.3) is 0 Å². The van der Waals surface area contributed by atoms with Crippen molar-refractivity contribution in [2.24, 2.45) is 5.92 Å². The highest BCUT2D eigenvalue weighted by atomic mass is 32.1. The van der Waals surface area contributed by atoms with Crippen LogP contribution < -0.4 is 5.32 Å². The van der Waals surface area contributed by atoms with Gasteiger partial charge < -0.3 is 10.1 Å². The van der Waals surface area contributed by atoms with Crippen LogP contribution in [0.15, 0.2) is 29.6 Å². The molecule has 27 heavy (non-hydrogen) atoms. The number of ether oxygens (including phenoxy) is 1. The van der Waals surface area contributed by atoms with Crippen molar-refractivity contribution in [3.63, 3.8) is 0 Å². The molecule has 0 bridgehead atoms. The van der Waals surface area contributed by atoms with Crippen LogP contribution in [0, 0.1) is 12.8 Å². The zero-order valence-corrected chi connectivity index (χ0v) is 16.5. The molecule has 0 radical (unpaired) electrons. The number of esters is 1. The predicted molar refractivity (Wildman–Crippen MR) is 107 cm³/mol. The van der Waals surface area contributed by atoms with Crippen molar-refractivity contribution >= 4 is 28.9 Å². The highest BCUT2D eigenvalue weighted by molar-refractivity contribution is 7.09. The zero-order valence-electron chi connectivity index (χ0n) is 15.7. The summed E-state index contributed by atoms with van der Waals surface area (Å²) in [6.07, 6.45) is 6.71. The van der Waals surface area contributed by atoms with Gasteiger partial charge in [0.2, 0.25) is 5.91 Å². The standard InChI is InChI=1S/C21H26N2O3S/c1-15-7-5-6-10-18(15)23-19(24)12-20-22-17(14-27-20)13-26-21(25)11-16-8-3-2-4-9-16/h5-7,10,14,16H,2-4,8-9,11-13H2,1H3,(H,23,24). The monoisotopic (exact) mass is 386 g/mol. The lowest BCUT2D eigenvalue weighted by Crippen LogP contribution is -2.15. The van der Waals surface area contributed by atoms with Crippen LogP contribution in [0.4, 0.5) is 5.69 Å². The molecule has 144 valence electrons. The van der Waals surface area contributed by atoms with Crippen molar-refractivity contribution in [2.45, 2.75) is 58.5 Å². The number of carbonyl (C=O) groups excluding carboxylic acids is 2. The van der Waals surface area contributed by atoms with Gasteiger partial charge >= 0.3 is 5.97 Å². The second kappa shape index (κ2) is 9.65. The number of nitrogens with zero attached hydrogens (tertiary/aromatic N) is 1. The van der Waals surface area contributed by atoms with Crippen LogP contribution >= 0.6 is 11.3 Å². The summed E-state index contributed by atoms with van der Waals surface area (Å²) in [4.78, 5) is 28.6. The molecule has 1 aliphatic rings. The predicted octanol–water partition coefficient (Wildman–Crippen LogP) is 4.65. The van der Waals surface area contributed by atoms with Crippen LogP contribution in [0.3, 0.4) is 0 Å². The molecule has 0 atom stereocenters. The Morgan fingerprint density at radius 1 is 1.22 bits per heavy atom. The summed E-state index contributed by atoms with van der Waals surface area (Å²) in [7, 11) is 0. The molecule has 0 saturated heterocycles. The molecule has 1 amide bonds. The minimum Gasteiger partial charge on any atom is -0.459 e. The van der Waals surface area contributed by atoms with E-state index in [2.05, 4.69) is 10.3 Å². The van der Waals surface area contributed by atoms with E-state index in [0.29, 0.717) is 18.0 Å². The van der Waals surface area contributed by atoms with E-state index in [0.717, 1.165) is 29.1 Å². The Bertz CT molecular complexity index is 781. The second-order valence-electron chi connectivity index (χ2n) is 7.14. The fourth-order valence-corrected chi connectivity index (χ4v) is 4.16. The number of aromatic nitrogens is 1.